The van der Waals surface area contributed by atoms with E-state index >= 15 is 0 Å². The minimum Gasteiger partial charge on any atom is -0.378 e. The van der Waals surface area contributed by atoms with Crippen molar-refractivity contribution < 1.29 is 18.3 Å². The van der Waals surface area contributed by atoms with Crippen LogP contribution in [0.1, 0.15) is 10.4 Å². The van der Waals surface area contributed by atoms with E-state index in [1.807, 2.05) is 0 Å². The van der Waals surface area contributed by atoms with Crippen molar-refractivity contribution in [1.29, 1.82) is 0 Å². The summed E-state index contributed by atoms with van der Waals surface area (Å²) in [5, 5.41) is 2.51. The van der Waals surface area contributed by atoms with Crippen LogP contribution in [0.4, 0.5) is 20.3 Å². The van der Waals surface area contributed by atoms with Crippen LogP contribution < -0.4 is 10.2 Å². The Bertz CT molecular complexity index is 701. The number of halogens is 2. The Hall–Kier alpha value is -2.54. The molecule has 0 bridgehead atoms. The molecule has 2 aromatic rings. The van der Waals surface area contributed by atoms with Crippen molar-refractivity contribution in [2.75, 3.05) is 36.5 Å². The van der Waals surface area contributed by atoms with Crippen LogP contribution in [0.5, 0.6) is 0 Å². The number of benzene rings is 1. The molecule has 7 heteroatoms. The zero-order valence-electron chi connectivity index (χ0n) is 12.3. The summed E-state index contributed by atoms with van der Waals surface area (Å²) in [6.07, 6.45) is 1.46. The standard InChI is InChI=1S/C16H15F2N3O2/c17-13-3-2-12(9-14(13)18)20-16(22)11-1-4-15(19-10-11)21-5-7-23-8-6-21/h1-4,9-10H,5-8H2,(H,20,22). The van der Waals surface area contributed by atoms with Gasteiger partial charge in [-0.3, -0.25) is 4.79 Å². The van der Waals surface area contributed by atoms with E-state index in [-0.39, 0.29) is 5.69 Å². The van der Waals surface area contributed by atoms with E-state index in [4.69, 9.17) is 4.74 Å². The quantitative estimate of drug-likeness (QED) is 0.944. The molecule has 2 heterocycles. The number of nitrogens with zero attached hydrogens (tertiary/aromatic N) is 2. The first-order valence-corrected chi connectivity index (χ1v) is 7.18. The number of carbonyl (C=O) groups excluding carboxylic acids is 1. The third-order valence-corrected chi connectivity index (χ3v) is 3.52. The first-order chi connectivity index (χ1) is 11.1. The molecule has 1 saturated heterocycles. The van der Waals surface area contributed by atoms with E-state index in [1.165, 1.54) is 12.3 Å². The maximum absolute atomic E-state index is 13.1. The van der Waals surface area contributed by atoms with Crippen LogP contribution in [0.15, 0.2) is 36.5 Å². The lowest BCUT2D eigenvalue weighted by atomic mass is 10.2. The number of ether oxygens (including phenoxy) is 1. The summed E-state index contributed by atoms with van der Waals surface area (Å²) < 4.78 is 31.3. The minimum absolute atomic E-state index is 0.186. The van der Waals surface area contributed by atoms with Gasteiger partial charge in [-0.15, -0.1) is 0 Å². The smallest absolute Gasteiger partial charge is 0.257 e. The van der Waals surface area contributed by atoms with Crippen LogP contribution in [0, 0.1) is 11.6 Å². The van der Waals surface area contributed by atoms with Crippen LogP contribution in [0.25, 0.3) is 0 Å². The van der Waals surface area contributed by atoms with Gasteiger partial charge >= 0.3 is 0 Å². The van der Waals surface area contributed by atoms with Crippen molar-refractivity contribution in [2.24, 2.45) is 0 Å². The van der Waals surface area contributed by atoms with E-state index in [0.717, 1.165) is 31.0 Å². The third-order valence-electron chi connectivity index (χ3n) is 3.52. The second kappa shape index (κ2) is 6.70. The summed E-state index contributed by atoms with van der Waals surface area (Å²) >= 11 is 0. The Balaban J connectivity index is 1.68. The van der Waals surface area contributed by atoms with Crippen molar-refractivity contribution >= 4 is 17.4 Å². The molecule has 0 radical (unpaired) electrons. The summed E-state index contributed by atoms with van der Waals surface area (Å²) in [6, 6.07) is 6.60. The summed E-state index contributed by atoms with van der Waals surface area (Å²) in [6.45, 7) is 2.82. The highest BCUT2D eigenvalue weighted by Crippen LogP contribution is 2.16. The monoisotopic (exact) mass is 319 g/mol. The summed E-state index contributed by atoms with van der Waals surface area (Å²) in [5.74, 6) is -1.63. The van der Waals surface area contributed by atoms with Crippen molar-refractivity contribution in [3.8, 4) is 0 Å². The summed E-state index contributed by atoms with van der Waals surface area (Å²) in [7, 11) is 0. The molecule has 0 unspecified atom stereocenters. The van der Waals surface area contributed by atoms with Gasteiger partial charge in [0.2, 0.25) is 0 Å². The zero-order chi connectivity index (χ0) is 16.2. The molecule has 1 aromatic carbocycles. The number of amides is 1. The van der Waals surface area contributed by atoms with Crippen LogP contribution in [-0.2, 0) is 4.74 Å². The van der Waals surface area contributed by atoms with Crippen LogP contribution in [0.2, 0.25) is 0 Å². The van der Waals surface area contributed by atoms with Crippen LogP contribution in [-0.4, -0.2) is 37.2 Å². The fourth-order valence-corrected chi connectivity index (χ4v) is 2.28. The van der Waals surface area contributed by atoms with Gasteiger partial charge in [-0.25, -0.2) is 13.8 Å². The van der Waals surface area contributed by atoms with Crippen molar-refractivity contribution in [3.63, 3.8) is 0 Å². The molecule has 0 aliphatic carbocycles. The summed E-state index contributed by atoms with van der Waals surface area (Å²) in [4.78, 5) is 18.4. The number of anilines is 2. The van der Waals surface area contributed by atoms with E-state index < -0.39 is 17.5 Å². The van der Waals surface area contributed by atoms with E-state index in [0.29, 0.717) is 18.8 Å². The maximum atomic E-state index is 13.1. The molecule has 1 fully saturated rings. The fraction of sp³-hybridized carbons (Fsp3) is 0.250. The Labute approximate surface area is 131 Å². The van der Waals surface area contributed by atoms with Crippen LogP contribution >= 0.6 is 0 Å². The largest absolute Gasteiger partial charge is 0.378 e. The first-order valence-electron chi connectivity index (χ1n) is 7.18. The molecule has 3 rings (SSSR count). The molecule has 1 aromatic heterocycles. The van der Waals surface area contributed by atoms with E-state index in [2.05, 4.69) is 15.2 Å². The average Bonchev–Trinajstić information content (AvgIpc) is 2.59. The first kappa shape index (κ1) is 15.4. The van der Waals surface area contributed by atoms with Gasteiger partial charge < -0.3 is 15.0 Å². The Morgan fingerprint density at radius 2 is 1.91 bits per heavy atom. The van der Waals surface area contributed by atoms with Gasteiger partial charge in [-0.05, 0) is 24.3 Å². The number of morpholine rings is 1. The minimum atomic E-state index is -1.01. The SMILES string of the molecule is O=C(Nc1ccc(F)c(F)c1)c1ccc(N2CCOCC2)nc1. The number of carbonyl (C=O) groups is 1. The topological polar surface area (TPSA) is 54.5 Å². The van der Waals surface area contributed by atoms with Gasteiger partial charge in [0, 0.05) is 31.0 Å². The van der Waals surface area contributed by atoms with E-state index in [9.17, 15) is 13.6 Å². The van der Waals surface area contributed by atoms with Gasteiger partial charge in [0.25, 0.3) is 5.91 Å². The predicted octanol–water partition coefficient (Wildman–Crippen LogP) is 2.45. The van der Waals surface area contributed by atoms with Crippen LogP contribution in [0.3, 0.4) is 0 Å². The van der Waals surface area contributed by atoms with Gasteiger partial charge in [0.05, 0.1) is 18.8 Å². The molecule has 5 nitrogen and oxygen atoms in total. The molecule has 1 amide bonds. The van der Waals surface area contributed by atoms with Crippen molar-refractivity contribution in [1.82, 2.24) is 4.98 Å². The zero-order valence-corrected chi connectivity index (χ0v) is 12.3. The lowest BCUT2D eigenvalue weighted by Crippen LogP contribution is -2.36. The molecule has 1 aliphatic heterocycles. The number of hydrogen-bond acceptors (Lipinski definition) is 4. The Kier molecular flexibility index (Phi) is 4.47. The van der Waals surface area contributed by atoms with Gasteiger partial charge in [-0.1, -0.05) is 0 Å². The van der Waals surface area contributed by atoms with E-state index in [1.54, 1.807) is 12.1 Å². The normalized spacial score (nSPS) is 14.6. The lowest BCUT2D eigenvalue weighted by molar-refractivity contribution is 0.102. The highest BCUT2D eigenvalue weighted by atomic mass is 19.2. The number of aromatic nitrogens is 1. The predicted molar refractivity (Wildman–Crippen MR) is 81.6 cm³/mol. The Morgan fingerprint density at radius 3 is 2.57 bits per heavy atom. The Morgan fingerprint density at radius 1 is 1.13 bits per heavy atom. The molecular formula is C16H15F2N3O2. The molecule has 1 N–H and O–H groups in total. The fourth-order valence-electron chi connectivity index (χ4n) is 2.28. The molecule has 0 saturated carbocycles. The number of nitrogens with one attached hydrogen (secondary N) is 1. The molecule has 0 spiro atoms. The lowest BCUT2D eigenvalue weighted by Gasteiger charge is -2.27. The third kappa shape index (κ3) is 3.62. The van der Waals surface area contributed by atoms with Gasteiger partial charge in [0.1, 0.15) is 5.82 Å². The van der Waals surface area contributed by atoms with Gasteiger partial charge in [0.15, 0.2) is 11.6 Å². The van der Waals surface area contributed by atoms with Crippen molar-refractivity contribution in [3.05, 3.63) is 53.7 Å². The molecule has 1 aliphatic rings. The second-order valence-electron chi connectivity index (χ2n) is 5.09. The summed E-state index contributed by atoms with van der Waals surface area (Å²) in [5.41, 5.74) is 0.526. The molecule has 120 valence electrons. The second-order valence-corrected chi connectivity index (χ2v) is 5.09. The van der Waals surface area contributed by atoms with Gasteiger partial charge in [-0.2, -0.15) is 0 Å². The number of hydrogen-bond donors (Lipinski definition) is 1. The maximum Gasteiger partial charge on any atom is 0.257 e. The highest BCUT2D eigenvalue weighted by Gasteiger charge is 2.14. The van der Waals surface area contributed by atoms with Crippen molar-refractivity contribution in [2.45, 2.75) is 0 Å². The molecular weight excluding hydrogens is 304 g/mol. The number of rotatable bonds is 3. The molecule has 0 atom stereocenters. The molecule has 23 heavy (non-hydrogen) atoms. The average molecular weight is 319 g/mol. The number of pyridine rings is 1. The highest BCUT2D eigenvalue weighted by molar-refractivity contribution is 6.04.